The first kappa shape index (κ1) is 17.1. The standard InChI is InChI=1S/C17H20FNO4/c18-14-3-1-2-13(12-14)4-5-16(20)19(9-6-17(21)22)15-7-10-23-11-8-15/h1-5,12,15H,6-11H2,(H,21,22)/b5-4+. The Morgan fingerprint density at radius 3 is 2.74 bits per heavy atom. The number of nitrogens with zero attached hydrogens (tertiary/aromatic N) is 1. The Bertz CT molecular complexity index is 582. The van der Waals surface area contributed by atoms with Crippen LogP contribution < -0.4 is 0 Å². The Morgan fingerprint density at radius 1 is 1.35 bits per heavy atom. The lowest BCUT2D eigenvalue weighted by molar-refractivity contribution is -0.138. The number of carbonyl (C=O) groups excluding carboxylic acids is 1. The summed E-state index contributed by atoms with van der Waals surface area (Å²) >= 11 is 0. The molecule has 0 saturated carbocycles. The minimum absolute atomic E-state index is 0.0206. The van der Waals surface area contributed by atoms with Crippen molar-refractivity contribution >= 4 is 18.0 Å². The Labute approximate surface area is 134 Å². The van der Waals surface area contributed by atoms with Crippen LogP contribution >= 0.6 is 0 Å². The van der Waals surface area contributed by atoms with Crippen LogP contribution in [0.3, 0.4) is 0 Å². The van der Waals surface area contributed by atoms with Crippen LogP contribution in [-0.2, 0) is 14.3 Å². The summed E-state index contributed by atoms with van der Waals surface area (Å²) < 4.78 is 18.4. The summed E-state index contributed by atoms with van der Waals surface area (Å²) in [5.41, 5.74) is 0.587. The van der Waals surface area contributed by atoms with Crippen molar-refractivity contribution in [3.8, 4) is 0 Å². The summed E-state index contributed by atoms with van der Waals surface area (Å²) in [4.78, 5) is 24.8. The minimum Gasteiger partial charge on any atom is -0.481 e. The van der Waals surface area contributed by atoms with Crippen LogP contribution in [0.4, 0.5) is 4.39 Å². The molecule has 23 heavy (non-hydrogen) atoms. The van der Waals surface area contributed by atoms with Crippen molar-refractivity contribution in [3.63, 3.8) is 0 Å². The summed E-state index contributed by atoms with van der Waals surface area (Å²) in [7, 11) is 0. The second kappa shape index (κ2) is 8.43. The van der Waals surface area contributed by atoms with Crippen LogP contribution in [-0.4, -0.2) is 47.7 Å². The van der Waals surface area contributed by atoms with Gasteiger partial charge in [-0.3, -0.25) is 9.59 Å². The summed E-state index contributed by atoms with van der Waals surface area (Å²) in [5, 5.41) is 8.86. The zero-order chi connectivity index (χ0) is 16.7. The Morgan fingerprint density at radius 2 is 2.09 bits per heavy atom. The van der Waals surface area contributed by atoms with E-state index in [-0.39, 0.29) is 30.7 Å². The van der Waals surface area contributed by atoms with Crippen molar-refractivity contribution in [1.29, 1.82) is 0 Å². The third-order valence-electron chi connectivity index (χ3n) is 3.75. The van der Waals surface area contributed by atoms with Gasteiger partial charge in [0.25, 0.3) is 0 Å². The number of carboxylic acids is 1. The van der Waals surface area contributed by atoms with E-state index in [1.54, 1.807) is 23.1 Å². The molecule has 5 nitrogen and oxygen atoms in total. The molecule has 1 amide bonds. The third-order valence-corrected chi connectivity index (χ3v) is 3.75. The van der Waals surface area contributed by atoms with E-state index in [9.17, 15) is 14.0 Å². The van der Waals surface area contributed by atoms with Crippen LogP contribution in [0.15, 0.2) is 30.3 Å². The fourth-order valence-electron chi connectivity index (χ4n) is 2.56. The molecule has 0 spiro atoms. The van der Waals surface area contributed by atoms with Crippen molar-refractivity contribution < 1.29 is 23.8 Å². The second-order valence-electron chi connectivity index (χ2n) is 5.41. The maximum atomic E-state index is 13.1. The highest BCUT2D eigenvalue weighted by Crippen LogP contribution is 2.16. The quantitative estimate of drug-likeness (QED) is 0.817. The molecule has 124 valence electrons. The van der Waals surface area contributed by atoms with Gasteiger partial charge in [0.05, 0.1) is 6.42 Å². The fraction of sp³-hybridized carbons (Fsp3) is 0.412. The molecule has 1 saturated heterocycles. The van der Waals surface area contributed by atoms with Gasteiger partial charge < -0.3 is 14.7 Å². The molecule has 0 radical (unpaired) electrons. The summed E-state index contributed by atoms with van der Waals surface area (Å²) in [6.45, 7) is 1.29. The van der Waals surface area contributed by atoms with E-state index in [4.69, 9.17) is 9.84 Å². The lowest BCUT2D eigenvalue weighted by Gasteiger charge is -2.33. The SMILES string of the molecule is O=C(O)CCN(C(=O)/C=C/c1cccc(F)c1)C1CCOCC1. The van der Waals surface area contributed by atoms with Gasteiger partial charge in [-0.15, -0.1) is 0 Å². The predicted molar refractivity (Wildman–Crippen MR) is 83.2 cm³/mol. The van der Waals surface area contributed by atoms with E-state index in [0.717, 1.165) is 0 Å². The number of rotatable bonds is 6. The predicted octanol–water partition coefficient (Wildman–Crippen LogP) is 2.32. The highest BCUT2D eigenvalue weighted by atomic mass is 19.1. The molecule has 1 heterocycles. The van der Waals surface area contributed by atoms with Gasteiger partial charge in [-0.25, -0.2) is 4.39 Å². The molecule has 0 unspecified atom stereocenters. The van der Waals surface area contributed by atoms with Crippen molar-refractivity contribution in [2.45, 2.75) is 25.3 Å². The molecule has 6 heteroatoms. The lowest BCUT2D eigenvalue weighted by atomic mass is 10.1. The molecular weight excluding hydrogens is 301 g/mol. The van der Waals surface area contributed by atoms with Gasteiger partial charge in [0.1, 0.15) is 5.82 Å². The molecule has 0 aliphatic carbocycles. The number of hydrogen-bond donors (Lipinski definition) is 1. The van der Waals surface area contributed by atoms with Crippen molar-refractivity contribution in [3.05, 3.63) is 41.7 Å². The number of ether oxygens (including phenoxy) is 1. The molecule has 0 bridgehead atoms. The van der Waals surface area contributed by atoms with E-state index >= 15 is 0 Å². The van der Waals surface area contributed by atoms with E-state index < -0.39 is 5.97 Å². The maximum Gasteiger partial charge on any atom is 0.305 e. The number of hydrogen-bond acceptors (Lipinski definition) is 3. The molecule has 0 aromatic heterocycles. The normalized spacial score (nSPS) is 15.7. The number of amides is 1. The van der Waals surface area contributed by atoms with Crippen LogP contribution in [0, 0.1) is 5.82 Å². The molecule has 1 aliphatic rings. The highest BCUT2D eigenvalue weighted by molar-refractivity contribution is 5.92. The third kappa shape index (κ3) is 5.49. The zero-order valence-electron chi connectivity index (χ0n) is 12.8. The van der Waals surface area contributed by atoms with E-state index in [1.807, 2.05) is 0 Å². The lowest BCUT2D eigenvalue weighted by Crippen LogP contribution is -2.43. The highest BCUT2D eigenvalue weighted by Gasteiger charge is 2.24. The van der Waals surface area contributed by atoms with Crippen molar-refractivity contribution in [2.24, 2.45) is 0 Å². The number of carboxylic acid groups (broad SMARTS) is 1. The molecule has 1 aromatic carbocycles. The number of carbonyl (C=O) groups is 2. The van der Waals surface area contributed by atoms with E-state index in [0.29, 0.717) is 31.6 Å². The number of aliphatic carboxylic acids is 1. The van der Waals surface area contributed by atoms with Crippen LogP contribution in [0.5, 0.6) is 0 Å². The maximum absolute atomic E-state index is 13.1. The molecule has 2 rings (SSSR count). The van der Waals surface area contributed by atoms with Gasteiger partial charge >= 0.3 is 5.97 Å². The molecule has 1 aliphatic heterocycles. The number of halogens is 1. The summed E-state index contributed by atoms with van der Waals surface area (Å²) in [6, 6.07) is 5.91. The van der Waals surface area contributed by atoms with Crippen LogP contribution in [0.25, 0.3) is 6.08 Å². The molecular formula is C17H20FNO4. The summed E-state index contributed by atoms with van der Waals surface area (Å²) in [6.07, 6.45) is 4.19. The largest absolute Gasteiger partial charge is 0.481 e. The van der Waals surface area contributed by atoms with Gasteiger partial charge in [-0.05, 0) is 36.6 Å². The molecule has 1 fully saturated rings. The zero-order valence-corrected chi connectivity index (χ0v) is 12.8. The topological polar surface area (TPSA) is 66.8 Å². The molecule has 0 atom stereocenters. The Balaban J connectivity index is 2.06. The van der Waals surface area contributed by atoms with E-state index in [2.05, 4.69) is 0 Å². The smallest absolute Gasteiger partial charge is 0.305 e. The number of benzene rings is 1. The first-order valence-electron chi connectivity index (χ1n) is 7.60. The Hall–Kier alpha value is -2.21. The van der Waals surface area contributed by atoms with Gasteiger partial charge in [-0.1, -0.05) is 12.1 Å². The van der Waals surface area contributed by atoms with Crippen LogP contribution in [0.2, 0.25) is 0 Å². The van der Waals surface area contributed by atoms with Gasteiger partial charge in [0.2, 0.25) is 5.91 Å². The minimum atomic E-state index is -0.941. The Kier molecular flexibility index (Phi) is 6.29. The van der Waals surface area contributed by atoms with Gasteiger partial charge in [-0.2, -0.15) is 0 Å². The fourth-order valence-corrected chi connectivity index (χ4v) is 2.56. The average Bonchev–Trinajstić information content (AvgIpc) is 2.54. The first-order valence-corrected chi connectivity index (χ1v) is 7.60. The van der Waals surface area contributed by atoms with Gasteiger partial charge in [0.15, 0.2) is 0 Å². The van der Waals surface area contributed by atoms with Gasteiger partial charge in [0, 0.05) is 31.9 Å². The summed E-state index contributed by atoms with van der Waals surface area (Å²) in [5.74, 6) is -1.57. The average molecular weight is 321 g/mol. The van der Waals surface area contributed by atoms with Crippen molar-refractivity contribution in [1.82, 2.24) is 4.90 Å². The first-order chi connectivity index (χ1) is 11.1. The molecule has 1 N–H and O–H groups in total. The molecule has 1 aromatic rings. The van der Waals surface area contributed by atoms with Crippen molar-refractivity contribution in [2.75, 3.05) is 19.8 Å². The monoisotopic (exact) mass is 321 g/mol. The second-order valence-corrected chi connectivity index (χ2v) is 5.41. The van der Waals surface area contributed by atoms with Crippen LogP contribution in [0.1, 0.15) is 24.8 Å². The van der Waals surface area contributed by atoms with E-state index in [1.165, 1.54) is 18.2 Å².